The zero-order valence-electron chi connectivity index (χ0n) is 16.5. The summed E-state index contributed by atoms with van der Waals surface area (Å²) in [5, 5.41) is 1.18. The minimum Gasteiger partial charge on any atom is -0.464 e. The highest BCUT2D eigenvalue weighted by atomic mass is 16.3. The third-order valence-electron chi connectivity index (χ3n) is 6.03. The van der Waals surface area contributed by atoms with Crippen LogP contribution >= 0.6 is 0 Å². The summed E-state index contributed by atoms with van der Waals surface area (Å²) in [6, 6.07) is 18.4. The molecule has 0 bridgehead atoms. The summed E-state index contributed by atoms with van der Waals surface area (Å²) in [5.74, 6) is 0. The van der Waals surface area contributed by atoms with Gasteiger partial charge in [-0.05, 0) is 30.3 Å². The third kappa shape index (κ3) is 3.56. The Morgan fingerprint density at radius 2 is 1.62 bits per heavy atom. The molecule has 150 valence electrons. The Hall–Kier alpha value is -2.99. The maximum atomic E-state index is 12.7. The van der Waals surface area contributed by atoms with Crippen LogP contribution < -0.4 is 9.80 Å². The summed E-state index contributed by atoms with van der Waals surface area (Å²) in [5.41, 5.74) is 3.19. The molecule has 6 nitrogen and oxygen atoms in total. The summed E-state index contributed by atoms with van der Waals surface area (Å²) in [4.78, 5) is 21.5. The number of rotatable bonds is 5. The number of piperazine rings is 1. The van der Waals surface area contributed by atoms with Crippen molar-refractivity contribution in [3.63, 3.8) is 0 Å². The van der Waals surface area contributed by atoms with Crippen LogP contribution in [0.2, 0.25) is 0 Å². The maximum absolute atomic E-state index is 12.7. The molecule has 2 aliphatic rings. The molecule has 0 aliphatic carbocycles. The number of amides is 2. The average Bonchev–Trinajstić information content (AvgIpc) is 3.40. The van der Waals surface area contributed by atoms with Crippen LogP contribution in [0.25, 0.3) is 11.0 Å². The number of hydrogen-bond acceptors (Lipinski definition) is 4. The molecular weight excluding hydrogens is 364 g/mol. The monoisotopic (exact) mass is 390 g/mol. The fraction of sp³-hybridized carbons (Fsp3) is 0.348. The molecule has 3 aromatic rings. The molecule has 2 saturated heterocycles. The first kappa shape index (κ1) is 18.1. The van der Waals surface area contributed by atoms with Crippen molar-refractivity contribution in [2.45, 2.75) is 0 Å². The van der Waals surface area contributed by atoms with Gasteiger partial charge in [-0.3, -0.25) is 9.80 Å². The van der Waals surface area contributed by atoms with Crippen molar-refractivity contribution in [1.29, 1.82) is 0 Å². The van der Waals surface area contributed by atoms with Gasteiger partial charge in [0.1, 0.15) is 5.58 Å². The van der Waals surface area contributed by atoms with Crippen molar-refractivity contribution in [1.82, 2.24) is 9.80 Å². The minimum atomic E-state index is 0.126. The fourth-order valence-corrected chi connectivity index (χ4v) is 4.37. The Morgan fingerprint density at radius 3 is 2.45 bits per heavy atom. The maximum Gasteiger partial charge on any atom is 0.324 e. The van der Waals surface area contributed by atoms with Gasteiger partial charge in [0.15, 0.2) is 0 Å². The van der Waals surface area contributed by atoms with Crippen LogP contribution in [0.5, 0.6) is 0 Å². The van der Waals surface area contributed by atoms with Gasteiger partial charge in [-0.2, -0.15) is 0 Å². The lowest BCUT2D eigenvalue weighted by Gasteiger charge is -2.36. The summed E-state index contributed by atoms with van der Waals surface area (Å²) in [6.07, 6.45) is 1.76. The molecule has 0 spiro atoms. The third-order valence-corrected chi connectivity index (χ3v) is 6.03. The highest BCUT2D eigenvalue weighted by molar-refractivity contribution is 5.94. The molecule has 2 fully saturated rings. The second kappa shape index (κ2) is 7.79. The Kier molecular flexibility index (Phi) is 4.86. The molecule has 3 heterocycles. The molecule has 0 unspecified atom stereocenters. The van der Waals surface area contributed by atoms with Gasteiger partial charge < -0.3 is 14.2 Å². The van der Waals surface area contributed by atoms with E-state index in [0.717, 1.165) is 63.6 Å². The van der Waals surface area contributed by atoms with E-state index in [1.807, 2.05) is 46.2 Å². The van der Waals surface area contributed by atoms with E-state index < -0.39 is 0 Å². The zero-order chi connectivity index (χ0) is 19.6. The van der Waals surface area contributed by atoms with E-state index in [1.54, 1.807) is 6.26 Å². The average molecular weight is 390 g/mol. The lowest BCUT2D eigenvalue weighted by Crippen LogP contribution is -2.48. The standard InChI is InChI=1S/C23H26N4O2/c28-23-26(16-17-27(23)19-5-2-1-3-6-19)15-12-24-10-13-25(14-11-24)21-7-4-8-22-20(21)9-18-29-22/h1-9,18H,10-17H2. The van der Waals surface area contributed by atoms with Crippen LogP contribution in [0.4, 0.5) is 16.2 Å². The van der Waals surface area contributed by atoms with E-state index in [1.165, 1.54) is 11.1 Å². The van der Waals surface area contributed by atoms with Crippen LogP contribution in [0.1, 0.15) is 0 Å². The van der Waals surface area contributed by atoms with Gasteiger partial charge in [0.25, 0.3) is 0 Å². The molecular formula is C23H26N4O2. The predicted molar refractivity (Wildman–Crippen MR) is 116 cm³/mol. The Bertz CT molecular complexity index is 979. The molecule has 2 aliphatic heterocycles. The number of carbonyl (C=O) groups excluding carboxylic acids is 1. The van der Waals surface area contributed by atoms with E-state index in [9.17, 15) is 4.79 Å². The van der Waals surface area contributed by atoms with E-state index in [0.29, 0.717) is 0 Å². The van der Waals surface area contributed by atoms with Gasteiger partial charge in [-0.15, -0.1) is 0 Å². The van der Waals surface area contributed by atoms with Gasteiger partial charge in [-0.1, -0.05) is 24.3 Å². The number of hydrogen-bond donors (Lipinski definition) is 0. The number of benzene rings is 2. The fourth-order valence-electron chi connectivity index (χ4n) is 4.37. The summed E-state index contributed by atoms with van der Waals surface area (Å²) < 4.78 is 5.54. The first-order chi connectivity index (χ1) is 14.3. The Balaban J connectivity index is 1.14. The number of anilines is 2. The van der Waals surface area contributed by atoms with Crippen molar-refractivity contribution < 1.29 is 9.21 Å². The topological polar surface area (TPSA) is 43.2 Å². The number of fused-ring (bicyclic) bond motifs is 1. The molecule has 5 rings (SSSR count). The van der Waals surface area contributed by atoms with Gasteiger partial charge in [-0.25, -0.2) is 4.79 Å². The van der Waals surface area contributed by atoms with E-state index in [4.69, 9.17) is 4.42 Å². The van der Waals surface area contributed by atoms with E-state index in [2.05, 4.69) is 28.0 Å². The van der Waals surface area contributed by atoms with Gasteiger partial charge in [0.05, 0.1) is 6.26 Å². The number of urea groups is 1. The molecule has 29 heavy (non-hydrogen) atoms. The molecule has 1 aromatic heterocycles. The van der Waals surface area contributed by atoms with Crippen LogP contribution in [-0.4, -0.2) is 68.2 Å². The van der Waals surface area contributed by atoms with Gasteiger partial charge in [0.2, 0.25) is 0 Å². The quantitative estimate of drug-likeness (QED) is 0.669. The predicted octanol–water partition coefficient (Wildman–Crippen LogP) is 3.50. The highest BCUT2D eigenvalue weighted by Crippen LogP contribution is 2.28. The van der Waals surface area contributed by atoms with Crippen molar-refractivity contribution >= 4 is 28.4 Å². The molecule has 2 aromatic carbocycles. The molecule has 6 heteroatoms. The second-order valence-corrected chi connectivity index (χ2v) is 7.70. The summed E-state index contributed by atoms with van der Waals surface area (Å²) >= 11 is 0. The number of furan rings is 1. The molecule has 0 saturated carbocycles. The number of carbonyl (C=O) groups is 1. The van der Waals surface area contributed by atoms with Crippen LogP contribution in [0.3, 0.4) is 0 Å². The van der Waals surface area contributed by atoms with Crippen molar-refractivity contribution in [2.75, 3.05) is 62.2 Å². The van der Waals surface area contributed by atoms with Gasteiger partial charge >= 0.3 is 6.03 Å². The highest BCUT2D eigenvalue weighted by Gasteiger charge is 2.29. The van der Waals surface area contributed by atoms with E-state index in [-0.39, 0.29) is 6.03 Å². The van der Waals surface area contributed by atoms with Crippen LogP contribution in [-0.2, 0) is 0 Å². The Labute approximate surface area is 170 Å². The van der Waals surface area contributed by atoms with Crippen LogP contribution in [0, 0.1) is 0 Å². The molecule has 2 amide bonds. The normalized spacial score (nSPS) is 18.2. The SMILES string of the molecule is O=C1N(CCN2CCN(c3cccc4occc34)CC2)CCN1c1ccccc1. The van der Waals surface area contributed by atoms with Crippen molar-refractivity contribution in [2.24, 2.45) is 0 Å². The number of nitrogens with zero attached hydrogens (tertiary/aromatic N) is 4. The Morgan fingerprint density at radius 1 is 0.793 bits per heavy atom. The molecule has 0 atom stereocenters. The lowest BCUT2D eigenvalue weighted by molar-refractivity contribution is 0.199. The first-order valence-corrected chi connectivity index (χ1v) is 10.3. The smallest absolute Gasteiger partial charge is 0.324 e. The van der Waals surface area contributed by atoms with E-state index >= 15 is 0 Å². The number of para-hydroxylation sites is 1. The molecule has 0 radical (unpaired) electrons. The zero-order valence-corrected chi connectivity index (χ0v) is 16.5. The summed E-state index contributed by atoms with van der Waals surface area (Å²) in [7, 11) is 0. The minimum absolute atomic E-state index is 0.126. The molecule has 0 N–H and O–H groups in total. The largest absolute Gasteiger partial charge is 0.464 e. The van der Waals surface area contributed by atoms with Crippen LogP contribution in [0.15, 0.2) is 65.3 Å². The second-order valence-electron chi connectivity index (χ2n) is 7.70. The lowest BCUT2D eigenvalue weighted by atomic mass is 10.2. The van der Waals surface area contributed by atoms with Crippen molar-refractivity contribution in [3.05, 3.63) is 60.9 Å². The summed E-state index contributed by atoms with van der Waals surface area (Å²) in [6.45, 7) is 7.30. The first-order valence-electron chi connectivity index (χ1n) is 10.3. The van der Waals surface area contributed by atoms with Crippen molar-refractivity contribution in [3.8, 4) is 0 Å². The van der Waals surface area contributed by atoms with Gasteiger partial charge in [0, 0.05) is 69.1 Å².